The summed E-state index contributed by atoms with van der Waals surface area (Å²) >= 11 is 0. The number of nitrogens with zero attached hydrogens (tertiary/aromatic N) is 2. The van der Waals surface area contributed by atoms with Crippen molar-refractivity contribution < 1.29 is 19.1 Å². The number of nitrogen functional groups attached to an aromatic ring is 2. The molecule has 0 aliphatic carbocycles. The summed E-state index contributed by atoms with van der Waals surface area (Å²) in [6.45, 7) is 1.87. The molecule has 0 unspecified atom stereocenters. The number of imidazole rings is 2. The number of carbonyl (C=O) groups excluding carboxylic acids is 2. The Kier molecular flexibility index (Phi) is 11.0. The van der Waals surface area contributed by atoms with Gasteiger partial charge in [0.2, 0.25) is 11.8 Å². The summed E-state index contributed by atoms with van der Waals surface area (Å²) < 4.78 is 11.7. The molecule has 0 aliphatic rings. The number of fused-ring (bicyclic) bond motifs is 2. The molecule has 2 amide bonds. The zero-order valence-corrected chi connectivity index (χ0v) is 28.4. The molecule has 0 bridgehead atoms. The van der Waals surface area contributed by atoms with Gasteiger partial charge in [0.1, 0.15) is 34.8 Å². The van der Waals surface area contributed by atoms with Crippen LogP contribution in [0.1, 0.15) is 46.7 Å². The number of rotatable bonds is 17. The molecular formula is C38H40N10O4. The summed E-state index contributed by atoms with van der Waals surface area (Å²) in [5, 5.41) is 21.0. The lowest BCUT2D eigenvalue weighted by Gasteiger charge is -2.10. The smallest absolute Gasteiger partial charge is 0.227 e. The van der Waals surface area contributed by atoms with Gasteiger partial charge in [0.15, 0.2) is 0 Å². The molecule has 6 rings (SSSR count). The highest BCUT2D eigenvalue weighted by Crippen LogP contribution is 2.17. The molecule has 14 nitrogen and oxygen atoms in total. The predicted octanol–water partition coefficient (Wildman–Crippen LogP) is 3.96. The molecule has 0 saturated carbocycles. The first-order valence-corrected chi connectivity index (χ1v) is 16.8. The maximum atomic E-state index is 12.5. The fraction of sp³-hybridized carbons (Fsp3) is 0.211. The van der Waals surface area contributed by atoms with Crippen molar-refractivity contribution in [2.24, 2.45) is 11.5 Å². The first-order valence-electron chi connectivity index (χ1n) is 16.8. The van der Waals surface area contributed by atoms with Crippen LogP contribution in [0, 0.1) is 10.8 Å². The van der Waals surface area contributed by atoms with Crippen LogP contribution in [0.2, 0.25) is 0 Å². The molecule has 4 aromatic carbocycles. The van der Waals surface area contributed by atoms with Gasteiger partial charge in [0.05, 0.1) is 48.1 Å². The SMILES string of the molecule is N=C(N)c1ccc2nc(CC(=O)NCc3ccc(OCCCCOc4ccc(CNC(=O)Cc5nc6ccc(C(=N)N)cc6[nH]5)cc4)cc3)[nH]c2c1. The van der Waals surface area contributed by atoms with E-state index in [1.807, 2.05) is 48.5 Å². The molecule has 6 aromatic rings. The zero-order chi connectivity index (χ0) is 36.5. The summed E-state index contributed by atoms with van der Waals surface area (Å²) in [5.74, 6) is 2.24. The first-order chi connectivity index (χ1) is 25.2. The third kappa shape index (κ3) is 9.50. The number of carbonyl (C=O) groups is 2. The van der Waals surface area contributed by atoms with Crippen LogP contribution in [0.3, 0.4) is 0 Å². The van der Waals surface area contributed by atoms with Crippen molar-refractivity contribution in [1.82, 2.24) is 30.6 Å². The Morgan fingerprint density at radius 2 is 1.02 bits per heavy atom. The fourth-order valence-electron chi connectivity index (χ4n) is 5.45. The zero-order valence-electron chi connectivity index (χ0n) is 28.4. The Morgan fingerprint density at radius 1 is 0.615 bits per heavy atom. The van der Waals surface area contributed by atoms with Crippen molar-refractivity contribution in [3.05, 3.63) is 119 Å². The highest BCUT2D eigenvalue weighted by Gasteiger charge is 2.11. The average Bonchev–Trinajstić information content (AvgIpc) is 3.74. The third-order valence-corrected chi connectivity index (χ3v) is 8.24. The van der Waals surface area contributed by atoms with Gasteiger partial charge < -0.3 is 41.5 Å². The van der Waals surface area contributed by atoms with Crippen LogP contribution < -0.4 is 31.6 Å². The molecule has 0 radical (unpaired) electrons. The normalized spacial score (nSPS) is 11.0. The van der Waals surface area contributed by atoms with Crippen molar-refractivity contribution >= 4 is 45.6 Å². The second-order valence-corrected chi connectivity index (χ2v) is 12.3. The van der Waals surface area contributed by atoms with Gasteiger partial charge in [-0.1, -0.05) is 24.3 Å². The van der Waals surface area contributed by atoms with Gasteiger partial charge in [-0.2, -0.15) is 0 Å². The molecule has 0 fully saturated rings. The number of hydrogen-bond donors (Lipinski definition) is 8. The highest BCUT2D eigenvalue weighted by atomic mass is 16.5. The molecule has 0 aliphatic heterocycles. The molecule has 266 valence electrons. The van der Waals surface area contributed by atoms with E-state index in [9.17, 15) is 9.59 Å². The van der Waals surface area contributed by atoms with E-state index in [0.29, 0.717) is 60.1 Å². The van der Waals surface area contributed by atoms with Crippen LogP contribution in [0.15, 0.2) is 84.9 Å². The Morgan fingerprint density at radius 3 is 1.40 bits per heavy atom. The van der Waals surface area contributed by atoms with E-state index in [-0.39, 0.29) is 36.3 Å². The van der Waals surface area contributed by atoms with E-state index in [1.165, 1.54) is 0 Å². The topological polar surface area (TPSA) is 234 Å². The van der Waals surface area contributed by atoms with Gasteiger partial charge in [-0.05, 0) is 84.6 Å². The highest BCUT2D eigenvalue weighted by molar-refractivity contribution is 5.98. The van der Waals surface area contributed by atoms with Gasteiger partial charge >= 0.3 is 0 Å². The van der Waals surface area contributed by atoms with Gasteiger partial charge in [-0.25, -0.2) is 9.97 Å². The van der Waals surface area contributed by atoms with Crippen molar-refractivity contribution in [2.45, 2.75) is 38.8 Å². The number of H-pyrrole nitrogens is 2. The van der Waals surface area contributed by atoms with E-state index in [4.69, 9.17) is 31.8 Å². The lowest BCUT2D eigenvalue weighted by Crippen LogP contribution is -2.24. The summed E-state index contributed by atoms with van der Waals surface area (Å²) in [4.78, 5) is 40.1. The third-order valence-electron chi connectivity index (χ3n) is 8.24. The van der Waals surface area contributed by atoms with Gasteiger partial charge in [-0.15, -0.1) is 0 Å². The Labute approximate surface area is 299 Å². The Balaban J connectivity index is 0.830. The number of hydrogen-bond acceptors (Lipinski definition) is 8. The lowest BCUT2D eigenvalue weighted by atomic mass is 10.2. The number of amides is 2. The van der Waals surface area contributed by atoms with Gasteiger partial charge in [0.25, 0.3) is 0 Å². The monoisotopic (exact) mass is 700 g/mol. The van der Waals surface area contributed by atoms with E-state index in [2.05, 4.69) is 30.6 Å². The molecule has 0 spiro atoms. The van der Waals surface area contributed by atoms with Crippen LogP contribution in [-0.2, 0) is 35.5 Å². The number of aromatic nitrogens is 4. The summed E-state index contributed by atoms with van der Waals surface area (Å²) in [6.07, 6.45) is 1.86. The maximum absolute atomic E-state index is 12.5. The number of aromatic amines is 2. The van der Waals surface area contributed by atoms with Crippen molar-refractivity contribution in [2.75, 3.05) is 13.2 Å². The fourth-order valence-corrected chi connectivity index (χ4v) is 5.45. The molecule has 10 N–H and O–H groups in total. The van der Waals surface area contributed by atoms with Crippen molar-refractivity contribution in [3.63, 3.8) is 0 Å². The van der Waals surface area contributed by atoms with E-state index in [0.717, 1.165) is 46.5 Å². The number of unbranched alkanes of at least 4 members (excludes halogenated alkanes) is 1. The van der Waals surface area contributed by atoms with E-state index < -0.39 is 0 Å². The maximum Gasteiger partial charge on any atom is 0.227 e. The second kappa shape index (κ2) is 16.3. The van der Waals surface area contributed by atoms with Crippen LogP contribution in [0.5, 0.6) is 11.5 Å². The largest absolute Gasteiger partial charge is 0.494 e. The van der Waals surface area contributed by atoms with Crippen molar-refractivity contribution in [1.29, 1.82) is 10.8 Å². The number of amidine groups is 2. The molecule has 0 atom stereocenters. The van der Waals surface area contributed by atoms with Crippen LogP contribution in [-0.4, -0.2) is 56.6 Å². The molecule has 2 aromatic heterocycles. The quantitative estimate of drug-likeness (QED) is 0.0393. The van der Waals surface area contributed by atoms with Crippen LogP contribution in [0.25, 0.3) is 22.1 Å². The number of nitrogens with two attached hydrogens (primary N) is 2. The van der Waals surface area contributed by atoms with Gasteiger partial charge in [-0.3, -0.25) is 20.4 Å². The van der Waals surface area contributed by atoms with E-state index in [1.54, 1.807) is 36.4 Å². The van der Waals surface area contributed by atoms with E-state index >= 15 is 0 Å². The average molecular weight is 701 g/mol. The molecule has 14 heteroatoms. The summed E-state index contributed by atoms with van der Waals surface area (Å²) in [6, 6.07) is 25.7. The van der Waals surface area contributed by atoms with Crippen molar-refractivity contribution in [3.8, 4) is 11.5 Å². The van der Waals surface area contributed by atoms with Crippen LogP contribution >= 0.6 is 0 Å². The number of ether oxygens (including phenoxy) is 2. The molecule has 2 heterocycles. The minimum atomic E-state index is -0.156. The Bertz CT molecular complexity index is 2050. The molecule has 52 heavy (non-hydrogen) atoms. The summed E-state index contributed by atoms with van der Waals surface area (Å²) in [5.41, 5.74) is 17.1. The number of nitrogens with one attached hydrogen (secondary N) is 6. The second-order valence-electron chi connectivity index (χ2n) is 12.3. The molecular weight excluding hydrogens is 660 g/mol. The first kappa shape index (κ1) is 35.1. The standard InChI is InChI=1S/C38H40N10O4/c39-37(40)25-7-13-29-31(17-25)47-33(45-29)19-35(49)43-21-23-3-9-27(10-4-23)51-15-1-2-16-52-28-11-5-24(6-12-28)22-44-36(50)20-34-46-30-14-8-26(38(41)42)18-32(30)48-34/h3-14,17-18H,1-2,15-16,19-22H2,(H3,39,40)(H3,41,42)(H,43,49)(H,44,50)(H,45,47)(H,46,48). The van der Waals surface area contributed by atoms with Gasteiger partial charge in [0, 0.05) is 24.2 Å². The number of benzene rings is 4. The predicted molar refractivity (Wildman–Crippen MR) is 198 cm³/mol. The van der Waals surface area contributed by atoms with Crippen LogP contribution in [0.4, 0.5) is 0 Å². The lowest BCUT2D eigenvalue weighted by molar-refractivity contribution is -0.121. The summed E-state index contributed by atoms with van der Waals surface area (Å²) in [7, 11) is 0. The minimum Gasteiger partial charge on any atom is -0.494 e. The molecule has 0 saturated heterocycles. The Hall–Kier alpha value is -6.70. The minimum absolute atomic E-state index is 0.0236.